The van der Waals surface area contributed by atoms with Crippen molar-refractivity contribution in [3.63, 3.8) is 0 Å². The molecule has 3 nitrogen and oxygen atoms in total. The van der Waals surface area contributed by atoms with E-state index in [4.69, 9.17) is 4.98 Å². The molecule has 0 amide bonds. The molecule has 1 N–H and O–H groups in total. The molecule has 112 valence electrons. The van der Waals surface area contributed by atoms with Crippen LogP contribution < -0.4 is 5.32 Å². The molecule has 0 bridgehead atoms. The molecule has 0 unspecified atom stereocenters. The van der Waals surface area contributed by atoms with Crippen molar-refractivity contribution >= 4 is 11.3 Å². The lowest BCUT2D eigenvalue weighted by atomic mass is 10.1. The van der Waals surface area contributed by atoms with E-state index in [9.17, 15) is 0 Å². The maximum atomic E-state index is 4.77. The summed E-state index contributed by atoms with van der Waals surface area (Å²) in [4.78, 5) is 8.80. The van der Waals surface area contributed by atoms with E-state index in [1.165, 1.54) is 21.1 Å². The molecular formula is C17H23N3S. The Morgan fingerprint density at radius 1 is 1.29 bits per heavy atom. The molecule has 1 aliphatic heterocycles. The molecule has 0 saturated heterocycles. The van der Waals surface area contributed by atoms with Crippen molar-refractivity contribution in [1.82, 2.24) is 15.2 Å². The Balaban J connectivity index is 1.55. The summed E-state index contributed by atoms with van der Waals surface area (Å²) in [6.45, 7) is 7.42. The van der Waals surface area contributed by atoms with E-state index >= 15 is 0 Å². The van der Waals surface area contributed by atoms with Gasteiger partial charge in [0, 0.05) is 37.5 Å². The highest BCUT2D eigenvalue weighted by atomic mass is 32.1. The minimum atomic E-state index is 0.915. The Hall–Kier alpha value is -1.23. The molecular weight excluding hydrogens is 278 g/mol. The molecule has 1 aromatic carbocycles. The molecule has 0 aliphatic carbocycles. The minimum Gasteiger partial charge on any atom is -0.311 e. The molecule has 1 aromatic heterocycles. The topological polar surface area (TPSA) is 28.2 Å². The summed E-state index contributed by atoms with van der Waals surface area (Å²) in [6, 6.07) is 10.8. The van der Waals surface area contributed by atoms with Gasteiger partial charge in [-0.25, -0.2) is 4.98 Å². The first-order valence-corrected chi connectivity index (χ1v) is 8.61. The Morgan fingerprint density at radius 2 is 2.14 bits per heavy atom. The maximum Gasteiger partial charge on any atom is 0.107 e. The van der Waals surface area contributed by atoms with Gasteiger partial charge in [-0.05, 0) is 18.5 Å². The van der Waals surface area contributed by atoms with Gasteiger partial charge in [-0.2, -0.15) is 0 Å². The van der Waals surface area contributed by atoms with E-state index in [-0.39, 0.29) is 0 Å². The number of thiazole rings is 1. The van der Waals surface area contributed by atoms with E-state index in [2.05, 4.69) is 47.5 Å². The monoisotopic (exact) mass is 301 g/mol. The lowest BCUT2D eigenvalue weighted by molar-refractivity contribution is 0.259. The van der Waals surface area contributed by atoms with Gasteiger partial charge in [0.1, 0.15) is 5.01 Å². The number of hydrogen-bond donors (Lipinski definition) is 1. The first kappa shape index (κ1) is 14.7. The second-order valence-electron chi connectivity index (χ2n) is 5.52. The molecule has 0 atom stereocenters. The lowest BCUT2D eigenvalue weighted by Gasteiger charge is -2.25. The van der Waals surface area contributed by atoms with Crippen LogP contribution in [0.4, 0.5) is 0 Å². The van der Waals surface area contributed by atoms with Crippen molar-refractivity contribution in [3.8, 4) is 0 Å². The number of hydrogen-bond acceptors (Lipinski definition) is 4. The smallest absolute Gasteiger partial charge is 0.107 e. The molecule has 0 spiro atoms. The van der Waals surface area contributed by atoms with Crippen LogP contribution in [0.5, 0.6) is 0 Å². The predicted octanol–water partition coefficient (Wildman–Crippen LogP) is 2.85. The van der Waals surface area contributed by atoms with Crippen LogP contribution in [0, 0.1) is 0 Å². The Bertz CT molecular complexity index is 565. The van der Waals surface area contributed by atoms with Crippen LogP contribution in [-0.2, 0) is 25.9 Å². The number of nitrogens with one attached hydrogen (secondary N) is 1. The summed E-state index contributed by atoms with van der Waals surface area (Å²) in [5.74, 6) is 0. The quantitative estimate of drug-likeness (QED) is 0.889. The van der Waals surface area contributed by atoms with Crippen molar-refractivity contribution in [3.05, 3.63) is 51.5 Å². The second kappa shape index (κ2) is 7.16. The largest absolute Gasteiger partial charge is 0.311 e. The lowest BCUT2D eigenvalue weighted by Crippen LogP contribution is -2.31. The van der Waals surface area contributed by atoms with E-state index < -0.39 is 0 Å². The summed E-state index contributed by atoms with van der Waals surface area (Å²) in [7, 11) is 0. The Kier molecular flexibility index (Phi) is 5.01. The van der Waals surface area contributed by atoms with Gasteiger partial charge in [0.05, 0.1) is 5.69 Å². The van der Waals surface area contributed by atoms with Crippen LogP contribution >= 0.6 is 11.3 Å². The van der Waals surface area contributed by atoms with Crippen LogP contribution in [0.1, 0.15) is 28.1 Å². The highest BCUT2D eigenvalue weighted by Crippen LogP contribution is 2.25. The van der Waals surface area contributed by atoms with Crippen LogP contribution in [0.3, 0.4) is 0 Å². The summed E-state index contributed by atoms with van der Waals surface area (Å²) in [5, 5.41) is 4.61. The maximum absolute atomic E-state index is 4.77. The first-order chi connectivity index (χ1) is 10.3. The van der Waals surface area contributed by atoms with Gasteiger partial charge < -0.3 is 5.32 Å². The minimum absolute atomic E-state index is 0.915. The fourth-order valence-corrected chi connectivity index (χ4v) is 3.86. The third-order valence-corrected chi connectivity index (χ3v) is 5.02. The Morgan fingerprint density at radius 3 is 2.95 bits per heavy atom. The second-order valence-corrected chi connectivity index (χ2v) is 6.69. The highest BCUT2D eigenvalue weighted by molar-refractivity contribution is 7.11. The summed E-state index contributed by atoms with van der Waals surface area (Å²) in [6.07, 6.45) is 2.24. The van der Waals surface area contributed by atoms with Crippen molar-refractivity contribution in [2.75, 3.05) is 19.6 Å². The zero-order valence-electron chi connectivity index (χ0n) is 12.6. The first-order valence-electron chi connectivity index (χ1n) is 7.79. The number of fused-ring (bicyclic) bond motifs is 1. The average Bonchev–Trinajstić information content (AvgIpc) is 2.94. The zero-order valence-corrected chi connectivity index (χ0v) is 13.5. The SMILES string of the molecule is CCNCc1nc2c(s1)CN(CCc1ccccc1)CC2. The van der Waals surface area contributed by atoms with Crippen molar-refractivity contribution in [2.45, 2.75) is 32.9 Å². The Labute approximate surface area is 131 Å². The molecule has 0 radical (unpaired) electrons. The van der Waals surface area contributed by atoms with E-state index in [0.717, 1.165) is 45.6 Å². The molecule has 21 heavy (non-hydrogen) atoms. The fraction of sp³-hybridized carbons (Fsp3) is 0.471. The van der Waals surface area contributed by atoms with E-state index in [1.807, 2.05) is 11.3 Å². The molecule has 2 aromatic rings. The van der Waals surface area contributed by atoms with E-state index in [1.54, 1.807) is 0 Å². The normalized spacial score (nSPS) is 15.1. The number of aromatic nitrogens is 1. The number of nitrogens with zero attached hydrogens (tertiary/aromatic N) is 2. The summed E-state index contributed by atoms with van der Waals surface area (Å²) in [5.41, 5.74) is 2.77. The summed E-state index contributed by atoms with van der Waals surface area (Å²) >= 11 is 1.89. The molecule has 2 heterocycles. The van der Waals surface area contributed by atoms with Crippen LogP contribution in [0.25, 0.3) is 0 Å². The van der Waals surface area contributed by atoms with Gasteiger partial charge in [0.15, 0.2) is 0 Å². The molecule has 1 aliphatic rings. The van der Waals surface area contributed by atoms with Gasteiger partial charge in [0.2, 0.25) is 0 Å². The molecule has 0 saturated carbocycles. The molecule has 0 fully saturated rings. The van der Waals surface area contributed by atoms with E-state index in [0.29, 0.717) is 0 Å². The third kappa shape index (κ3) is 3.90. The van der Waals surface area contributed by atoms with Crippen LogP contribution in [0.15, 0.2) is 30.3 Å². The van der Waals surface area contributed by atoms with Gasteiger partial charge >= 0.3 is 0 Å². The molecule has 3 rings (SSSR count). The third-order valence-electron chi connectivity index (χ3n) is 3.94. The van der Waals surface area contributed by atoms with Gasteiger partial charge in [-0.15, -0.1) is 11.3 Å². The summed E-state index contributed by atoms with van der Waals surface area (Å²) < 4.78 is 0. The zero-order chi connectivity index (χ0) is 14.5. The van der Waals surface area contributed by atoms with Gasteiger partial charge in [-0.3, -0.25) is 4.90 Å². The van der Waals surface area contributed by atoms with Crippen LogP contribution in [0.2, 0.25) is 0 Å². The van der Waals surface area contributed by atoms with Crippen LogP contribution in [-0.4, -0.2) is 29.5 Å². The van der Waals surface area contributed by atoms with Gasteiger partial charge in [0.25, 0.3) is 0 Å². The number of benzene rings is 1. The standard InChI is InChI=1S/C17H23N3S/c1-2-18-12-17-19-15-9-11-20(13-16(15)21-17)10-8-14-6-4-3-5-7-14/h3-7,18H,2,8-13H2,1H3. The van der Waals surface area contributed by atoms with Crippen molar-refractivity contribution < 1.29 is 0 Å². The average molecular weight is 301 g/mol. The van der Waals surface area contributed by atoms with Crippen molar-refractivity contribution in [2.24, 2.45) is 0 Å². The highest BCUT2D eigenvalue weighted by Gasteiger charge is 2.20. The predicted molar refractivity (Wildman–Crippen MR) is 88.6 cm³/mol. The molecule has 4 heteroatoms. The van der Waals surface area contributed by atoms with Crippen molar-refractivity contribution in [1.29, 1.82) is 0 Å². The fourth-order valence-electron chi connectivity index (χ4n) is 2.73. The number of rotatable bonds is 6. The van der Waals surface area contributed by atoms with Gasteiger partial charge in [-0.1, -0.05) is 37.3 Å².